The SMILES string of the molecule is C[C@@H](N)C(=O)NCCNC(N)=O. The van der Waals surface area contributed by atoms with E-state index < -0.39 is 12.1 Å². The normalized spacial score (nSPS) is 11.8. The maximum absolute atomic E-state index is 10.8. The lowest BCUT2D eigenvalue weighted by Crippen LogP contribution is -2.42. The van der Waals surface area contributed by atoms with Gasteiger partial charge in [0.05, 0.1) is 6.04 Å². The molecule has 6 N–H and O–H groups in total. The van der Waals surface area contributed by atoms with Gasteiger partial charge < -0.3 is 22.1 Å². The Morgan fingerprint density at radius 2 is 1.83 bits per heavy atom. The molecule has 0 aliphatic rings. The van der Waals surface area contributed by atoms with Crippen LogP contribution in [0.5, 0.6) is 0 Å². The molecule has 3 amide bonds. The maximum Gasteiger partial charge on any atom is 0.312 e. The van der Waals surface area contributed by atoms with Crippen LogP contribution in [0.15, 0.2) is 0 Å². The molecule has 0 aromatic heterocycles. The molecule has 1 atom stereocenters. The molecular formula is C6H14N4O2. The minimum Gasteiger partial charge on any atom is -0.353 e. The van der Waals surface area contributed by atoms with Gasteiger partial charge in [-0.05, 0) is 6.92 Å². The standard InChI is InChI=1S/C6H14N4O2/c1-4(7)5(11)9-2-3-10-6(8)12/h4H,2-3,7H2,1H3,(H,9,11)(H3,8,10,12)/t4-/m1/s1. The lowest BCUT2D eigenvalue weighted by Gasteiger charge is -2.07. The number of amides is 3. The van der Waals surface area contributed by atoms with Gasteiger partial charge in [-0.2, -0.15) is 0 Å². The Hall–Kier alpha value is -1.30. The van der Waals surface area contributed by atoms with Crippen molar-refractivity contribution in [3.8, 4) is 0 Å². The van der Waals surface area contributed by atoms with Crippen LogP contribution < -0.4 is 22.1 Å². The lowest BCUT2D eigenvalue weighted by molar-refractivity contribution is -0.121. The summed E-state index contributed by atoms with van der Waals surface area (Å²) in [5.41, 5.74) is 10.0. The summed E-state index contributed by atoms with van der Waals surface area (Å²) in [5.74, 6) is -0.249. The monoisotopic (exact) mass is 174 g/mol. The van der Waals surface area contributed by atoms with E-state index in [-0.39, 0.29) is 5.91 Å². The predicted octanol–water partition coefficient (Wildman–Crippen LogP) is -1.88. The molecule has 0 radical (unpaired) electrons. The zero-order valence-corrected chi connectivity index (χ0v) is 6.96. The fourth-order valence-corrected chi connectivity index (χ4v) is 0.532. The van der Waals surface area contributed by atoms with E-state index in [4.69, 9.17) is 11.5 Å². The molecule has 0 aromatic carbocycles. The molecule has 0 saturated carbocycles. The number of rotatable bonds is 4. The highest BCUT2D eigenvalue weighted by Crippen LogP contribution is 1.72. The number of nitrogens with one attached hydrogen (secondary N) is 2. The first-order valence-electron chi connectivity index (χ1n) is 3.60. The summed E-state index contributed by atoms with van der Waals surface area (Å²) in [4.78, 5) is 21.0. The van der Waals surface area contributed by atoms with Crippen molar-refractivity contribution in [3.05, 3.63) is 0 Å². The van der Waals surface area contributed by atoms with Crippen molar-refractivity contribution >= 4 is 11.9 Å². The number of carbonyl (C=O) groups is 2. The molecule has 70 valence electrons. The van der Waals surface area contributed by atoms with Crippen LogP contribution >= 0.6 is 0 Å². The van der Waals surface area contributed by atoms with Crippen molar-refractivity contribution in [2.45, 2.75) is 13.0 Å². The van der Waals surface area contributed by atoms with Gasteiger partial charge in [0.2, 0.25) is 5.91 Å². The molecule has 0 saturated heterocycles. The summed E-state index contributed by atoms with van der Waals surface area (Å²) in [6, 6.07) is -1.14. The summed E-state index contributed by atoms with van der Waals surface area (Å²) in [5, 5.41) is 4.83. The van der Waals surface area contributed by atoms with Gasteiger partial charge in [0.15, 0.2) is 0 Å². The summed E-state index contributed by atoms with van der Waals surface area (Å²) in [6.07, 6.45) is 0. The molecule has 0 unspecified atom stereocenters. The van der Waals surface area contributed by atoms with Gasteiger partial charge >= 0.3 is 6.03 Å². The predicted molar refractivity (Wildman–Crippen MR) is 44.2 cm³/mol. The van der Waals surface area contributed by atoms with Crippen molar-refractivity contribution in [1.29, 1.82) is 0 Å². The average Bonchev–Trinajstić information content (AvgIpc) is 1.97. The second kappa shape index (κ2) is 5.36. The Labute approximate surface area is 70.7 Å². The van der Waals surface area contributed by atoms with Crippen LogP contribution in [-0.2, 0) is 4.79 Å². The number of hydrogen-bond acceptors (Lipinski definition) is 3. The zero-order valence-electron chi connectivity index (χ0n) is 6.96. The Balaban J connectivity index is 3.32. The molecule has 0 fully saturated rings. The van der Waals surface area contributed by atoms with Gasteiger partial charge in [0, 0.05) is 13.1 Å². The fraction of sp³-hybridized carbons (Fsp3) is 0.667. The van der Waals surface area contributed by atoms with E-state index in [1.807, 2.05) is 0 Å². The highest BCUT2D eigenvalue weighted by molar-refractivity contribution is 5.81. The second-order valence-corrected chi connectivity index (χ2v) is 2.37. The molecule has 0 aliphatic carbocycles. The van der Waals surface area contributed by atoms with Gasteiger partial charge in [0.1, 0.15) is 0 Å². The van der Waals surface area contributed by atoms with Gasteiger partial charge in [-0.1, -0.05) is 0 Å². The van der Waals surface area contributed by atoms with E-state index in [0.717, 1.165) is 0 Å². The molecule has 0 heterocycles. The first kappa shape index (κ1) is 10.7. The van der Waals surface area contributed by atoms with Crippen LogP contribution in [0.1, 0.15) is 6.92 Å². The fourth-order valence-electron chi connectivity index (χ4n) is 0.532. The summed E-state index contributed by atoms with van der Waals surface area (Å²) < 4.78 is 0. The molecule has 0 rings (SSSR count). The molecule has 0 bridgehead atoms. The third-order valence-corrected chi connectivity index (χ3v) is 1.14. The van der Waals surface area contributed by atoms with Crippen molar-refractivity contribution < 1.29 is 9.59 Å². The molecule has 12 heavy (non-hydrogen) atoms. The third kappa shape index (κ3) is 5.48. The quantitative estimate of drug-likeness (QED) is 0.374. The van der Waals surface area contributed by atoms with Crippen LogP contribution in [-0.4, -0.2) is 31.1 Å². The largest absolute Gasteiger partial charge is 0.353 e. The van der Waals surface area contributed by atoms with Crippen molar-refractivity contribution in [2.24, 2.45) is 11.5 Å². The van der Waals surface area contributed by atoms with Gasteiger partial charge in [0.25, 0.3) is 0 Å². The van der Waals surface area contributed by atoms with Crippen molar-refractivity contribution in [2.75, 3.05) is 13.1 Å². The number of carbonyl (C=O) groups excluding carboxylic acids is 2. The zero-order chi connectivity index (χ0) is 9.56. The summed E-state index contributed by atoms with van der Waals surface area (Å²) in [6.45, 7) is 2.23. The van der Waals surface area contributed by atoms with Crippen LogP contribution in [0.3, 0.4) is 0 Å². The molecular weight excluding hydrogens is 160 g/mol. The highest BCUT2D eigenvalue weighted by atomic mass is 16.2. The third-order valence-electron chi connectivity index (χ3n) is 1.14. The van der Waals surface area contributed by atoms with Gasteiger partial charge in [-0.15, -0.1) is 0 Å². The first-order chi connectivity index (χ1) is 5.54. The minimum atomic E-state index is -0.606. The van der Waals surface area contributed by atoms with E-state index in [9.17, 15) is 9.59 Å². The number of nitrogens with two attached hydrogens (primary N) is 2. The molecule has 6 nitrogen and oxygen atoms in total. The van der Waals surface area contributed by atoms with Crippen LogP contribution in [0.4, 0.5) is 4.79 Å². The van der Waals surface area contributed by atoms with Crippen LogP contribution in [0.25, 0.3) is 0 Å². The Morgan fingerprint density at radius 3 is 2.25 bits per heavy atom. The molecule has 0 aliphatic heterocycles. The van der Waals surface area contributed by atoms with Crippen LogP contribution in [0, 0.1) is 0 Å². The van der Waals surface area contributed by atoms with Crippen LogP contribution in [0.2, 0.25) is 0 Å². The Kier molecular flexibility index (Phi) is 4.78. The molecule has 0 spiro atoms. The Bertz CT molecular complexity index is 169. The van der Waals surface area contributed by atoms with Gasteiger partial charge in [-0.3, -0.25) is 4.79 Å². The van der Waals surface area contributed by atoms with Gasteiger partial charge in [-0.25, -0.2) is 4.79 Å². The minimum absolute atomic E-state index is 0.249. The van der Waals surface area contributed by atoms with Crippen molar-refractivity contribution in [1.82, 2.24) is 10.6 Å². The molecule has 6 heteroatoms. The topological polar surface area (TPSA) is 110 Å². The highest BCUT2D eigenvalue weighted by Gasteiger charge is 2.04. The lowest BCUT2D eigenvalue weighted by atomic mass is 10.3. The number of hydrogen-bond donors (Lipinski definition) is 4. The average molecular weight is 174 g/mol. The van der Waals surface area contributed by atoms with E-state index >= 15 is 0 Å². The second-order valence-electron chi connectivity index (χ2n) is 2.37. The van der Waals surface area contributed by atoms with E-state index in [0.29, 0.717) is 13.1 Å². The first-order valence-corrected chi connectivity index (χ1v) is 3.60. The van der Waals surface area contributed by atoms with E-state index in [1.165, 1.54) is 0 Å². The van der Waals surface area contributed by atoms with E-state index in [1.54, 1.807) is 6.92 Å². The molecule has 0 aromatic rings. The maximum atomic E-state index is 10.8. The number of urea groups is 1. The smallest absolute Gasteiger partial charge is 0.312 e. The number of primary amides is 1. The Morgan fingerprint density at radius 1 is 1.33 bits per heavy atom. The van der Waals surface area contributed by atoms with Crippen molar-refractivity contribution in [3.63, 3.8) is 0 Å². The summed E-state index contributed by atoms with van der Waals surface area (Å²) in [7, 11) is 0. The summed E-state index contributed by atoms with van der Waals surface area (Å²) >= 11 is 0. The van der Waals surface area contributed by atoms with E-state index in [2.05, 4.69) is 10.6 Å².